The van der Waals surface area contributed by atoms with Gasteiger partial charge in [-0.05, 0) is 4.90 Å². The predicted octanol–water partition coefficient (Wildman–Crippen LogP) is -1.28. The van der Waals surface area contributed by atoms with Crippen LogP contribution in [-0.2, 0) is 12.0 Å². The summed E-state index contributed by atoms with van der Waals surface area (Å²) in [4.78, 5) is 0.276. The Labute approximate surface area is 102 Å². The molecule has 0 aromatic carbocycles. The summed E-state index contributed by atoms with van der Waals surface area (Å²) in [6, 6.07) is 0. The number of hydrogen-bond donors (Lipinski definition) is 2. The summed E-state index contributed by atoms with van der Waals surface area (Å²) in [6.45, 7) is 3.22. The number of fused-ring (bicyclic) bond motifs is 3. The number of nitrogens with zero attached hydrogens (tertiary/aromatic N) is 3. The van der Waals surface area contributed by atoms with E-state index in [0.717, 1.165) is 0 Å². The van der Waals surface area contributed by atoms with E-state index in [2.05, 4.69) is 9.79 Å². The van der Waals surface area contributed by atoms with Gasteiger partial charge in [-0.2, -0.15) is 4.74 Å². The van der Waals surface area contributed by atoms with Crippen LogP contribution in [0, 0.1) is 16.3 Å². The van der Waals surface area contributed by atoms with Crippen LogP contribution in [-0.4, -0.2) is 26.4 Å². The van der Waals surface area contributed by atoms with E-state index in [1.165, 1.54) is 0 Å². The number of aliphatic hydroxyl groups is 1. The van der Waals surface area contributed by atoms with E-state index in [-0.39, 0.29) is 28.4 Å². The molecule has 0 unspecified atom stereocenters. The number of hydroxylamine groups is 1. The van der Waals surface area contributed by atoms with Crippen molar-refractivity contribution in [1.29, 1.82) is 0 Å². The first-order chi connectivity index (χ1) is 8.31. The first-order valence-corrected chi connectivity index (χ1v) is 5.75. The highest BCUT2D eigenvalue weighted by Crippen LogP contribution is 2.45. The lowest BCUT2D eigenvalue weighted by atomic mass is 9.74. The Morgan fingerprint density at radius 2 is 2.17 bits per heavy atom. The van der Waals surface area contributed by atoms with Crippen molar-refractivity contribution in [1.82, 2.24) is 5.16 Å². The van der Waals surface area contributed by atoms with Gasteiger partial charge in [-0.1, -0.05) is 6.92 Å². The van der Waals surface area contributed by atoms with Crippen LogP contribution in [0.15, 0.2) is 4.63 Å². The molecule has 1 aliphatic heterocycles. The van der Waals surface area contributed by atoms with Gasteiger partial charge in [0, 0.05) is 24.9 Å². The molecule has 98 valence electrons. The fourth-order valence-corrected chi connectivity index (χ4v) is 2.93. The summed E-state index contributed by atoms with van der Waals surface area (Å²) >= 11 is 0. The van der Waals surface area contributed by atoms with Crippen LogP contribution in [0.3, 0.4) is 0 Å². The quantitative estimate of drug-likeness (QED) is 0.438. The highest BCUT2D eigenvalue weighted by molar-refractivity contribution is 5.92. The maximum atomic E-state index is 12.1. The van der Waals surface area contributed by atoms with Gasteiger partial charge in [0.25, 0.3) is 5.69 Å². The lowest BCUT2D eigenvalue weighted by Gasteiger charge is -2.27. The van der Waals surface area contributed by atoms with E-state index < -0.39 is 17.2 Å². The summed E-state index contributed by atoms with van der Waals surface area (Å²) in [7, 11) is 0. The van der Waals surface area contributed by atoms with Gasteiger partial charge in [0.2, 0.25) is 22.7 Å². The predicted molar refractivity (Wildman–Crippen MR) is 58.1 cm³/mol. The van der Waals surface area contributed by atoms with Crippen LogP contribution < -0.4 is 10.6 Å². The molecule has 0 saturated carbocycles. The number of hydrogen-bond acceptors (Lipinski definition) is 6. The molecule has 1 aromatic heterocycles. The zero-order chi connectivity index (χ0) is 13.3. The van der Waals surface area contributed by atoms with E-state index in [9.17, 15) is 15.5 Å². The first kappa shape index (κ1) is 11.4. The van der Waals surface area contributed by atoms with Crippen molar-refractivity contribution in [2.45, 2.75) is 38.0 Å². The van der Waals surface area contributed by atoms with Gasteiger partial charge in [0.1, 0.15) is 0 Å². The average Bonchev–Trinajstić information content (AvgIpc) is 2.75. The molecule has 0 bridgehead atoms. The van der Waals surface area contributed by atoms with Gasteiger partial charge in [-0.3, -0.25) is 10.4 Å². The zero-order valence-corrected chi connectivity index (χ0v) is 10.1. The maximum Gasteiger partial charge on any atom is 0.263 e. The topological polar surface area (TPSA) is 125 Å². The molecule has 0 spiro atoms. The van der Waals surface area contributed by atoms with Crippen LogP contribution in [0.5, 0.6) is 0 Å². The Morgan fingerprint density at radius 3 is 2.83 bits per heavy atom. The Kier molecular flexibility index (Phi) is 1.91. The highest BCUT2D eigenvalue weighted by atomic mass is 16.8. The van der Waals surface area contributed by atoms with E-state index in [1.54, 1.807) is 13.8 Å². The van der Waals surface area contributed by atoms with Crippen molar-refractivity contribution in [2.24, 2.45) is 11.7 Å². The van der Waals surface area contributed by atoms with Gasteiger partial charge < -0.3 is 15.5 Å². The normalized spacial score (nSPS) is 38.8. The van der Waals surface area contributed by atoms with Crippen molar-refractivity contribution in [3.05, 3.63) is 21.8 Å². The zero-order valence-electron chi connectivity index (χ0n) is 10.1. The lowest BCUT2D eigenvalue weighted by Crippen LogP contribution is -2.52. The highest BCUT2D eigenvalue weighted by Gasteiger charge is 2.67. The van der Waals surface area contributed by atoms with E-state index in [4.69, 9.17) is 5.73 Å². The Balaban J connectivity index is 2.28. The first-order valence-electron chi connectivity index (χ1n) is 5.75. The van der Waals surface area contributed by atoms with Crippen molar-refractivity contribution in [3.8, 4) is 0 Å². The molecular formula is C10H14N4O4. The molecule has 2 aliphatic rings. The molecular weight excluding hydrogens is 240 g/mol. The molecule has 0 fully saturated rings. The van der Waals surface area contributed by atoms with Crippen LogP contribution in [0.4, 0.5) is 0 Å². The number of aromatic nitrogens is 2. The fourth-order valence-electron chi connectivity index (χ4n) is 2.93. The average molecular weight is 254 g/mol. The fraction of sp³-hybridized carbons (Fsp3) is 0.700. The molecule has 0 radical (unpaired) electrons. The lowest BCUT2D eigenvalue weighted by molar-refractivity contribution is -0.808. The number of nitrogens with two attached hydrogens (primary N) is 1. The third-order valence-electron chi connectivity index (χ3n) is 4.29. The van der Waals surface area contributed by atoms with Crippen molar-refractivity contribution in [2.75, 3.05) is 0 Å². The van der Waals surface area contributed by atoms with Crippen molar-refractivity contribution >= 4 is 5.71 Å². The third kappa shape index (κ3) is 1.01. The van der Waals surface area contributed by atoms with E-state index in [1.807, 2.05) is 0 Å². The number of rotatable bonds is 0. The SMILES string of the molecule is C[C@H]1[C@](C)(N)[N+]([O-])=C2CCc3c(no[n+]3[O-])[C@@]21O. The van der Waals surface area contributed by atoms with Gasteiger partial charge in [0.05, 0.1) is 5.92 Å². The standard InChI is InChI=1S/C10H14N4O4/c1-5-9(2,11)13(16)7-4-3-6-8(10(5,7)15)12-18-14(6)17/h5,15H,3-4,11H2,1-2H3/t5-,9+,10-/m0/s1. The van der Waals surface area contributed by atoms with Crippen molar-refractivity contribution in [3.63, 3.8) is 0 Å². The van der Waals surface area contributed by atoms with Gasteiger partial charge in [0.15, 0.2) is 0 Å². The Bertz CT molecular complexity index is 564. The van der Waals surface area contributed by atoms with E-state index in [0.29, 0.717) is 11.2 Å². The molecule has 2 heterocycles. The summed E-state index contributed by atoms with van der Waals surface area (Å²) in [5.74, 6) is -0.596. The van der Waals surface area contributed by atoms with Crippen molar-refractivity contribution < 1.29 is 19.4 Å². The summed E-state index contributed by atoms with van der Waals surface area (Å²) in [5.41, 5.74) is 3.74. The second kappa shape index (κ2) is 3.01. The second-order valence-electron chi connectivity index (χ2n) is 5.18. The minimum Gasteiger partial charge on any atom is -0.622 e. The van der Waals surface area contributed by atoms with Crippen LogP contribution in [0.1, 0.15) is 31.7 Å². The minimum absolute atomic E-state index is 0.112. The maximum absolute atomic E-state index is 12.1. The molecule has 3 rings (SSSR count). The Morgan fingerprint density at radius 1 is 1.50 bits per heavy atom. The summed E-state index contributed by atoms with van der Waals surface area (Å²) < 4.78 is 5.16. The monoisotopic (exact) mass is 254 g/mol. The van der Waals surface area contributed by atoms with Gasteiger partial charge in [-0.15, -0.1) is 0 Å². The van der Waals surface area contributed by atoms with Crippen LogP contribution in [0.2, 0.25) is 0 Å². The molecule has 3 N–H and O–H groups in total. The molecule has 8 heteroatoms. The third-order valence-corrected chi connectivity index (χ3v) is 4.29. The summed E-state index contributed by atoms with van der Waals surface area (Å²) in [5, 5.41) is 38.0. The smallest absolute Gasteiger partial charge is 0.263 e. The summed E-state index contributed by atoms with van der Waals surface area (Å²) in [6.07, 6.45) is 0.578. The molecule has 0 amide bonds. The van der Waals surface area contributed by atoms with E-state index >= 15 is 0 Å². The Hall–Kier alpha value is -1.67. The molecule has 18 heavy (non-hydrogen) atoms. The van der Waals surface area contributed by atoms with Gasteiger partial charge >= 0.3 is 0 Å². The molecule has 1 aliphatic carbocycles. The van der Waals surface area contributed by atoms with Gasteiger partial charge in [-0.25, -0.2) is 0 Å². The molecule has 3 atom stereocenters. The second-order valence-corrected chi connectivity index (χ2v) is 5.18. The van der Waals surface area contributed by atoms with Crippen LogP contribution >= 0.6 is 0 Å². The molecule has 1 aromatic rings. The molecule has 8 nitrogen and oxygen atoms in total. The molecule has 0 saturated heterocycles. The minimum atomic E-state index is -1.61. The van der Waals surface area contributed by atoms with Crippen LogP contribution in [0.25, 0.3) is 0 Å². The largest absolute Gasteiger partial charge is 0.622 e.